The minimum atomic E-state index is 0. The zero-order valence-electron chi connectivity index (χ0n) is 18.5. The van der Waals surface area contributed by atoms with Gasteiger partial charge in [-0.2, -0.15) is 0 Å². The highest BCUT2D eigenvalue weighted by molar-refractivity contribution is 14.0. The highest BCUT2D eigenvalue weighted by Crippen LogP contribution is 2.28. The van der Waals surface area contributed by atoms with Crippen molar-refractivity contribution in [3.05, 3.63) is 23.8 Å². The van der Waals surface area contributed by atoms with Crippen molar-refractivity contribution in [2.24, 2.45) is 4.99 Å². The Labute approximate surface area is 197 Å². The van der Waals surface area contributed by atoms with E-state index in [1.54, 1.807) is 14.2 Å². The molecule has 0 bridgehead atoms. The Bertz CT molecular complexity index is 679. The Morgan fingerprint density at radius 2 is 1.97 bits per heavy atom. The summed E-state index contributed by atoms with van der Waals surface area (Å²) in [5.74, 6) is 2.35. The number of amides is 1. The van der Waals surface area contributed by atoms with Gasteiger partial charge in [-0.3, -0.25) is 9.69 Å². The van der Waals surface area contributed by atoms with Gasteiger partial charge in [-0.15, -0.1) is 24.0 Å². The van der Waals surface area contributed by atoms with Gasteiger partial charge in [0.15, 0.2) is 17.5 Å². The van der Waals surface area contributed by atoms with Gasteiger partial charge in [0.2, 0.25) is 5.91 Å². The summed E-state index contributed by atoms with van der Waals surface area (Å²) < 4.78 is 11.0. The second-order valence-electron chi connectivity index (χ2n) is 6.98. The lowest BCUT2D eigenvalue weighted by Gasteiger charge is -2.32. The number of benzene rings is 1. The fourth-order valence-corrected chi connectivity index (χ4v) is 3.29. The molecule has 170 valence electrons. The fraction of sp³-hybridized carbons (Fsp3) is 0.619. The summed E-state index contributed by atoms with van der Waals surface area (Å²) in [7, 11) is 3.32. The lowest BCUT2D eigenvalue weighted by Crippen LogP contribution is -2.50. The number of guanidine groups is 1. The molecule has 0 aromatic heterocycles. The Hall–Kier alpha value is -1.75. The topological polar surface area (TPSA) is 87.2 Å². The van der Waals surface area contributed by atoms with Crippen LogP contribution in [0.3, 0.4) is 0 Å². The van der Waals surface area contributed by atoms with E-state index >= 15 is 0 Å². The van der Waals surface area contributed by atoms with Crippen molar-refractivity contribution in [2.75, 3.05) is 46.9 Å². The van der Waals surface area contributed by atoms with E-state index < -0.39 is 0 Å². The molecule has 1 aromatic rings. The van der Waals surface area contributed by atoms with E-state index in [9.17, 15) is 4.79 Å². The number of methoxy groups -OCH3 is 1. The molecule has 1 aliphatic heterocycles. The number of hydrogen-bond donors (Lipinski definition) is 3. The number of hydrogen-bond acceptors (Lipinski definition) is 5. The van der Waals surface area contributed by atoms with E-state index in [4.69, 9.17) is 14.5 Å². The molecule has 0 atom stereocenters. The predicted octanol–water partition coefficient (Wildman–Crippen LogP) is 1.98. The number of likely N-dealkylation sites (N-methyl/N-ethyl adjacent to an activating group) is 1. The first-order valence-corrected chi connectivity index (χ1v) is 10.4. The Balaban J connectivity index is 0.00000450. The van der Waals surface area contributed by atoms with Crippen LogP contribution in [0.2, 0.25) is 0 Å². The number of ether oxygens (including phenoxy) is 2. The normalized spacial score (nSPS) is 15.1. The molecule has 0 unspecified atom stereocenters. The lowest BCUT2D eigenvalue weighted by atomic mass is 10.1. The molecule has 3 N–H and O–H groups in total. The Morgan fingerprint density at radius 1 is 1.23 bits per heavy atom. The molecule has 0 saturated carbocycles. The van der Waals surface area contributed by atoms with Crippen molar-refractivity contribution in [1.29, 1.82) is 0 Å². The highest BCUT2D eigenvalue weighted by Gasteiger charge is 2.21. The third-order valence-corrected chi connectivity index (χ3v) is 4.87. The highest BCUT2D eigenvalue weighted by atomic mass is 127. The van der Waals surface area contributed by atoms with Crippen LogP contribution in [0.5, 0.6) is 11.5 Å². The summed E-state index contributed by atoms with van der Waals surface area (Å²) in [6.45, 7) is 8.23. The van der Waals surface area contributed by atoms with Crippen LogP contribution in [0.15, 0.2) is 23.2 Å². The predicted molar refractivity (Wildman–Crippen MR) is 131 cm³/mol. The maximum atomic E-state index is 11.5. The molecule has 1 amide bonds. The first-order valence-electron chi connectivity index (χ1n) is 10.4. The van der Waals surface area contributed by atoms with Crippen LogP contribution in [-0.4, -0.2) is 69.8 Å². The van der Waals surface area contributed by atoms with Gasteiger partial charge in [0.25, 0.3) is 0 Å². The van der Waals surface area contributed by atoms with Crippen molar-refractivity contribution in [3.63, 3.8) is 0 Å². The number of piperidine rings is 1. The van der Waals surface area contributed by atoms with Crippen molar-refractivity contribution in [2.45, 2.75) is 39.3 Å². The van der Waals surface area contributed by atoms with E-state index in [2.05, 4.69) is 27.8 Å². The molecule has 1 aliphatic rings. The van der Waals surface area contributed by atoms with Gasteiger partial charge in [0, 0.05) is 32.7 Å². The molecular formula is C21H36IN5O3. The number of rotatable bonds is 9. The second kappa shape index (κ2) is 14.3. The van der Waals surface area contributed by atoms with Crippen LogP contribution in [0.25, 0.3) is 0 Å². The van der Waals surface area contributed by atoms with Gasteiger partial charge in [-0.05, 0) is 44.4 Å². The van der Waals surface area contributed by atoms with Crippen molar-refractivity contribution in [3.8, 4) is 11.5 Å². The third kappa shape index (κ3) is 8.55. The maximum Gasteiger partial charge on any atom is 0.233 e. The molecule has 2 rings (SSSR count). The zero-order chi connectivity index (χ0) is 21.1. The van der Waals surface area contributed by atoms with Crippen molar-refractivity contribution in [1.82, 2.24) is 20.9 Å². The standard InChI is InChI=1S/C21H35N5O3.HI/c1-5-23-21(25-17-9-11-26(12-10-17)15-20(27)22-3)24-14-16-7-8-18(28-4)19(13-16)29-6-2;/h7-8,13,17H,5-6,9-12,14-15H2,1-4H3,(H,22,27)(H2,23,24,25);1H. The molecule has 1 saturated heterocycles. The summed E-state index contributed by atoms with van der Waals surface area (Å²) in [6.07, 6.45) is 1.97. The molecular weight excluding hydrogens is 497 g/mol. The number of nitrogens with one attached hydrogen (secondary N) is 3. The molecule has 0 aliphatic carbocycles. The Kier molecular flexibility index (Phi) is 12.5. The summed E-state index contributed by atoms with van der Waals surface area (Å²) in [4.78, 5) is 18.5. The molecule has 1 heterocycles. The van der Waals surface area contributed by atoms with Gasteiger partial charge < -0.3 is 25.4 Å². The van der Waals surface area contributed by atoms with Crippen LogP contribution >= 0.6 is 24.0 Å². The van der Waals surface area contributed by atoms with Crippen LogP contribution in [-0.2, 0) is 11.3 Å². The monoisotopic (exact) mass is 533 g/mol. The molecule has 8 nitrogen and oxygen atoms in total. The van der Waals surface area contributed by atoms with E-state index in [0.717, 1.165) is 55.5 Å². The van der Waals surface area contributed by atoms with E-state index in [-0.39, 0.29) is 29.9 Å². The Morgan fingerprint density at radius 3 is 2.57 bits per heavy atom. The van der Waals surface area contributed by atoms with Crippen molar-refractivity contribution < 1.29 is 14.3 Å². The van der Waals surface area contributed by atoms with Crippen LogP contribution < -0.4 is 25.4 Å². The summed E-state index contributed by atoms with van der Waals surface area (Å²) >= 11 is 0. The van der Waals surface area contributed by atoms with Gasteiger partial charge in [-0.1, -0.05) is 6.07 Å². The second-order valence-corrected chi connectivity index (χ2v) is 6.98. The SMILES string of the molecule is CCNC(=NCc1ccc(OC)c(OCC)c1)NC1CCN(CC(=O)NC)CC1.I. The first kappa shape index (κ1) is 26.3. The van der Waals surface area contributed by atoms with E-state index in [0.29, 0.717) is 25.7 Å². The quantitative estimate of drug-likeness (QED) is 0.256. The molecule has 0 spiro atoms. The van der Waals surface area contributed by atoms with Gasteiger partial charge in [-0.25, -0.2) is 4.99 Å². The van der Waals surface area contributed by atoms with Crippen LogP contribution in [0, 0.1) is 0 Å². The van der Waals surface area contributed by atoms with E-state index in [1.807, 2.05) is 25.1 Å². The van der Waals surface area contributed by atoms with Gasteiger partial charge in [0.1, 0.15) is 0 Å². The average Bonchev–Trinajstić information content (AvgIpc) is 2.74. The zero-order valence-corrected chi connectivity index (χ0v) is 20.8. The van der Waals surface area contributed by atoms with Crippen LogP contribution in [0.1, 0.15) is 32.3 Å². The number of halogens is 1. The summed E-state index contributed by atoms with van der Waals surface area (Å²) in [5.41, 5.74) is 1.06. The smallest absolute Gasteiger partial charge is 0.233 e. The number of aliphatic imine (C=N–C) groups is 1. The lowest BCUT2D eigenvalue weighted by molar-refractivity contribution is -0.122. The molecule has 0 radical (unpaired) electrons. The van der Waals surface area contributed by atoms with Crippen LogP contribution in [0.4, 0.5) is 0 Å². The molecule has 9 heteroatoms. The number of likely N-dealkylation sites (tertiary alicyclic amines) is 1. The molecule has 1 fully saturated rings. The van der Waals surface area contributed by atoms with Gasteiger partial charge in [0.05, 0.1) is 26.8 Å². The van der Waals surface area contributed by atoms with Gasteiger partial charge >= 0.3 is 0 Å². The molecule has 1 aromatic carbocycles. The minimum Gasteiger partial charge on any atom is -0.493 e. The van der Waals surface area contributed by atoms with Crippen molar-refractivity contribution >= 4 is 35.8 Å². The first-order chi connectivity index (χ1) is 14.1. The summed E-state index contributed by atoms with van der Waals surface area (Å²) in [5, 5.41) is 9.53. The largest absolute Gasteiger partial charge is 0.493 e. The maximum absolute atomic E-state index is 11.5. The van der Waals surface area contributed by atoms with E-state index in [1.165, 1.54) is 0 Å². The summed E-state index contributed by atoms with van der Waals surface area (Å²) in [6, 6.07) is 6.25. The average molecular weight is 533 g/mol. The molecule has 30 heavy (non-hydrogen) atoms. The number of carbonyl (C=O) groups excluding carboxylic acids is 1. The number of carbonyl (C=O) groups is 1. The third-order valence-electron chi connectivity index (χ3n) is 4.87. The fourth-order valence-electron chi connectivity index (χ4n) is 3.29. The minimum absolute atomic E-state index is 0. The number of nitrogens with zero attached hydrogens (tertiary/aromatic N) is 2.